The summed E-state index contributed by atoms with van der Waals surface area (Å²) in [5.74, 6) is 0.397. The van der Waals surface area contributed by atoms with Crippen LogP contribution in [0.25, 0.3) is 11.3 Å². The summed E-state index contributed by atoms with van der Waals surface area (Å²) in [4.78, 5) is 12.0. The average molecular weight is 336 g/mol. The van der Waals surface area contributed by atoms with Gasteiger partial charge in [-0.3, -0.25) is 9.89 Å². The van der Waals surface area contributed by atoms with E-state index in [2.05, 4.69) is 15.5 Å². The number of aromatic nitrogens is 2. The molecular weight excluding hydrogens is 325 g/mol. The van der Waals surface area contributed by atoms with Gasteiger partial charge in [0.1, 0.15) is 11.5 Å². The lowest BCUT2D eigenvalue weighted by Gasteiger charge is -2.01. The second kappa shape index (κ2) is 6.25. The van der Waals surface area contributed by atoms with Crippen LogP contribution in [0.4, 0.5) is 0 Å². The maximum absolute atomic E-state index is 12.0. The molecule has 3 rings (SSSR count). The van der Waals surface area contributed by atoms with Gasteiger partial charge in [0.15, 0.2) is 0 Å². The van der Waals surface area contributed by atoms with E-state index in [0.29, 0.717) is 39.3 Å². The SMILES string of the molecule is O=C(NCc1ccco1)c1cc(-c2ccc(Cl)cc2Cl)n[nH]1. The Hall–Kier alpha value is -2.24. The largest absolute Gasteiger partial charge is 0.467 e. The molecule has 0 aliphatic heterocycles. The Balaban J connectivity index is 1.74. The highest BCUT2D eigenvalue weighted by molar-refractivity contribution is 6.36. The monoisotopic (exact) mass is 335 g/mol. The molecule has 0 saturated carbocycles. The molecule has 0 atom stereocenters. The third kappa shape index (κ3) is 3.16. The molecule has 1 amide bonds. The number of carbonyl (C=O) groups is 1. The van der Waals surface area contributed by atoms with E-state index in [-0.39, 0.29) is 5.91 Å². The van der Waals surface area contributed by atoms with E-state index < -0.39 is 0 Å². The predicted molar refractivity (Wildman–Crippen MR) is 83.9 cm³/mol. The zero-order valence-electron chi connectivity index (χ0n) is 11.3. The van der Waals surface area contributed by atoms with E-state index in [9.17, 15) is 4.79 Å². The topological polar surface area (TPSA) is 70.9 Å². The van der Waals surface area contributed by atoms with E-state index in [0.717, 1.165) is 0 Å². The first-order valence-electron chi connectivity index (χ1n) is 6.45. The van der Waals surface area contributed by atoms with Crippen molar-refractivity contribution in [2.24, 2.45) is 0 Å². The van der Waals surface area contributed by atoms with Gasteiger partial charge < -0.3 is 9.73 Å². The molecule has 2 heterocycles. The average Bonchev–Trinajstić information content (AvgIpc) is 3.16. The number of nitrogens with zero attached hydrogens (tertiary/aromatic N) is 1. The zero-order chi connectivity index (χ0) is 15.5. The van der Waals surface area contributed by atoms with E-state index in [1.165, 1.54) is 0 Å². The smallest absolute Gasteiger partial charge is 0.269 e. The molecule has 112 valence electrons. The Labute approximate surface area is 136 Å². The Kier molecular flexibility index (Phi) is 4.18. The lowest BCUT2D eigenvalue weighted by molar-refractivity contribution is 0.0943. The molecule has 0 aliphatic rings. The van der Waals surface area contributed by atoms with Crippen LogP contribution in [0.2, 0.25) is 10.0 Å². The fraction of sp³-hybridized carbons (Fsp3) is 0.0667. The number of hydrogen-bond donors (Lipinski definition) is 2. The van der Waals surface area contributed by atoms with Gasteiger partial charge in [-0.05, 0) is 36.4 Å². The number of rotatable bonds is 4. The standard InChI is InChI=1S/C15H11Cl2N3O2/c16-9-3-4-11(12(17)6-9)13-7-14(20-19-13)15(21)18-8-10-2-1-5-22-10/h1-7H,8H2,(H,18,21)(H,19,20). The third-order valence-electron chi connectivity index (χ3n) is 3.03. The highest BCUT2D eigenvalue weighted by atomic mass is 35.5. The minimum absolute atomic E-state index is 0.278. The van der Waals surface area contributed by atoms with Crippen LogP contribution in [0.5, 0.6) is 0 Å². The number of aromatic amines is 1. The molecule has 2 N–H and O–H groups in total. The summed E-state index contributed by atoms with van der Waals surface area (Å²) in [5, 5.41) is 10.5. The minimum atomic E-state index is -0.278. The summed E-state index contributed by atoms with van der Waals surface area (Å²) in [7, 11) is 0. The molecule has 7 heteroatoms. The van der Waals surface area contributed by atoms with Gasteiger partial charge in [-0.15, -0.1) is 0 Å². The van der Waals surface area contributed by atoms with Crippen LogP contribution in [0.15, 0.2) is 47.1 Å². The van der Waals surface area contributed by atoms with Crippen molar-refractivity contribution in [1.82, 2.24) is 15.5 Å². The first-order chi connectivity index (χ1) is 10.6. The van der Waals surface area contributed by atoms with Gasteiger partial charge in [-0.1, -0.05) is 23.2 Å². The fourth-order valence-electron chi connectivity index (χ4n) is 1.95. The molecule has 0 saturated heterocycles. The van der Waals surface area contributed by atoms with Crippen molar-refractivity contribution in [2.75, 3.05) is 0 Å². The number of carbonyl (C=O) groups excluding carboxylic acids is 1. The zero-order valence-corrected chi connectivity index (χ0v) is 12.8. The normalized spacial score (nSPS) is 10.6. The van der Waals surface area contributed by atoms with E-state index in [4.69, 9.17) is 27.6 Å². The van der Waals surface area contributed by atoms with Gasteiger partial charge in [0.2, 0.25) is 0 Å². The Bertz CT molecular complexity index is 797. The van der Waals surface area contributed by atoms with Crippen molar-refractivity contribution in [3.05, 3.63) is 64.2 Å². The molecule has 1 aromatic carbocycles. The second-order valence-corrected chi connectivity index (χ2v) is 5.40. The van der Waals surface area contributed by atoms with Crippen molar-refractivity contribution in [3.63, 3.8) is 0 Å². The van der Waals surface area contributed by atoms with Gasteiger partial charge in [-0.2, -0.15) is 5.10 Å². The van der Waals surface area contributed by atoms with Crippen molar-refractivity contribution >= 4 is 29.1 Å². The summed E-state index contributed by atoms with van der Waals surface area (Å²) >= 11 is 12.0. The highest BCUT2D eigenvalue weighted by Gasteiger charge is 2.13. The Morgan fingerprint density at radius 3 is 2.86 bits per heavy atom. The van der Waals surface area contributed by atoms with Gasteiger partial charge in [0, 0.05) is 10.6 Å². The lowest BCUT2D eigenvalue weighted by Crippen LogP contribution is -2.22. The van der Waals surface area contributed by atoms with Gasteiger partial charge in [0.05, 0.1) is 23.5 Å². The molecule has 22 heavy (non-hydrogen) atoms. The number of nitrogens with one attached hydrogen (secondary N) is 2. The lowest BCUT2D eigenvalue weighted by atomic mass is 10.1. The molecule has 5 nitrogen and oxygen atoms in total. The van der Waals surface area contributed by atoms with Gasteiger partial charge >= 0.3 is 0 Å². The summed E-state index contributed by atoms with van der Waals surface area (Å²) in [6.45, 7) is 0.307. The summed E-state index contributed by atoms with van der Waals surface area (Å²) in [6, 6.07) is 10.3. The third-order valence-corrected chi connectivity index (χ3v) is 3.58. The number of hydrogen-bond acceptors (Lipinski definition) is 3. The van der Waals surface area contributed by atoms with Crippen molar-refractivity contribution < 1.29 is 9.21 Å². The number of H-pyrrole nitrogens is 1. The van der Waals surface area contributed by atoms with Crippen molar-refractivity contribution in [2.45, 2.75) is 6.54 Å². The predicted octanol–water partition coefficient (Wildman–Crippen LogP) is 3.91. The van der Waals surface area contributed by atoms with Gasteiger partial charge in [-0.25, -0.2) is 0 Å². The molecule has 0 unspecified atom stereocenters. The van der Waals surface area contributed by atoms with Crippen LogP contribution >= 0.6 is 23.2 Å². The number of benzene rings is 1. The summed E-state index contributed by atoms with van der Waals surface area (Å²) < 4.78 is 5.15. The van der Waals surface area contributed by atoms with Crippen LogP contribution in [0.3, 0.4) is 0 Å². The molecule has 3 aromatic rings. The molecular formula is C15H11Cl2N3O2. The summed E-state index contributed by atoms with van der Waals surface area (Å²) in [6.07, 6.45) is 1.55. The molecule has 2 aromatic heterocycles. The quantitative estimate of drug-likeness (QED) is 0.759. The van der Waals surface area contributed by atoms with Crippen LogP contribution in [-0.2, 0) is 6.54 Å². The van der Waals surface area contributed by atoms with Crippen molar-refractivity contribution in [1.29, 1.82) is 0 Å². The minimum Gasteiger partial charge on any atom is -0.467 e. The Morgan fingerprint density at radius 1 is 1.27 bits per heavy atom. The first-order valence-corrected chi connectivity index (χ1v) is 7.20. The van der Waals surface area contributed by atoms with Crippen LogP contribution in [0, 0.1) is 0 Å². The molecule has 0 fully saturated rings. The van der Waals surface area contributed by atoms with Crippen LogP contribution in [0.1, 0.15) is 16.2 Å². The molecule has 0 bridgehead atoms. The van der Waals surface area contributed by atoms with Crippen LogP contribution < -0.4 is 5.32 Å². The van der Waals surface area contributed by atoms with E-state index in [1.54, 1.807) is 42.7 Å². The second-order valence-electron chi connectivity index (χ2n) is 4.55. The maximum atomic E-state index is 12.0. The van der Waals surface area contributed by atoms with Gasteiger partial charge in [0.25, 0.3) is 5.91 Å². The van der Waals surface area contributed by atoms with Crippen molar-refractivity contribution in [3.8, 4) is 11.3 Å². The summed E-state index contributed by atoms with van der Waals surface area (Å²) in [5.41, 5.74) is 1.62. The Morgan fingerprint density at radius 2 is 2.14 bits per heavy atom. The number of halogens is 2. The first kappa shape index (κ1) is 14.7. The fourth-order valence-corrected chi connectivity index (χ4v) is 2.45. The number of amides is 1. The molecule has 0 radical (unpaired) electrons. The number of furan rings is 1. The highest BCUT2D eigenvalue weighted by Crippen LogP contribution is 2.29. The maximum Gasteiger partial charge on any atom is 0.269 e. The molecule has 0 aliphatic carbocycles. The van der Waals surface area contributed by atoms with Crippen LogP contribution in [-0.4, -0.2) is 16.1 Å². The molecule has 0 spiro atoms. The van der Waals surface area contributed by atoms with E-state index >= 15 is 0 Å². The van der Waals surface area contributed by atoms with E-state index in [1.807, 2.05) is 0 Å².